The van der Waals surface area contributed by atoms with E-state index in [1.165, 1.54) is 16.5 Å². The summed E-state index contributed by atoms with van der Waals surface area (Å²) >= 11 is 3.60. The van der Waals surface area contributed by atoms with Gasteiger partial charge in [-0.25, -0.2) is 0 Å². The number of rotatable bonds is 3. The van der Waals surface area contributed by atoms with Crippen LogP contribution in [0.5, 0.6) is 0 Å². The van der Waals surface area contributed by atoms with Gasteiger partial charge in [0.2, 0.25) is 0 Å². The Hall–Kier alpha value is -0.380. The maximum Gasteiger partial charge on any atom is 0.0718 e. The van der Waals surface area contributed by atoms with E-state index in [9.17, 15) is 0 Å². The van der Waals surface area contributed by atoms with Crippen LogP contribution in [0.4, 0.5) is 0 Å². The number of halogens is 1. The lowest BCUT2D eigenvalue weighted by Gasteiger charge is -2.26. The smallest absolute Gasteiger partial charge is 0.0718 e. The topological polar surface area (TPSA) is 12.5 Å². The zero-order valence-corrected chi connectivity index (χ0v) is 10.8. The van der Waals surface area contributed by atoms with E-state index in [0.29, 0.717) is 12.1 Å². The quantitative estimate of drug-likeness (QED) is 0.844. The molecular weight excluding hydrogens is 266 g/mol. The highest BCUT2D eigenvalue weighted by molar-refractivity contribution is 9.10. The zero-order valence-electron chi connectivity index (χ0n) is 9.23. The number of nitrogens with zero attached hydrogens (tertiary/aromatic N) is 1. The van der Waals surface area contributed by atoms with Crippen LogP contribution in [0.2, 0.25) is 0 Å². The first kappa shape index (κ1) is 10.8. The zero-order chi connectivity index (χ0) is 11.0. The van der Waals surface area contributed by atoms with Crippen molar-refractivity contribution in [2.45, 2.75) is 25.0 Å². The lowest BCUT2D eigenvalue weighted by atomic mass is 10.1. The van der Waals surface area contributed by atoms with Crippen molar-refractivity contribution < 1.29 is 4.74 Å². The maximum absolute atomic E-state index is 5.61. The summed E-state index contributed by atoms with van der Waals surface area (Å²) in [5.41, 5.74) is 1.41. The molecule has 1 aromatic rings. The lowest BCUT2D eigenvalue weighted by molar-refractivity contribution is 0.0311. The minimum absolute atomic E-state index is 0.518. The normalized spacial score (nSPS) is 28.8. The van der Waals surface area contributed by atoms with E-state index in [1.54, 1.807) is 0 Å². The lowest BCUT2D eigenvalue weighted by Crippen LogP contribution is -2.38. The van der Waals surface area contributed by atoms with Crippen LogP contribution >= 0.6 is 15.9 Å². The Morgan fingerprint density at radius 1 is 1.38 bits per heavy atom. The van der Waals surface area contributed by atoms with Gasteiger partial charge < -0.3 is 4.74 Å². The number of ether oxygens (including phenoxy) is 1. The average Bonchev–Trinajstić information content (AvgIpc) is 2.90. The van der Waals surface area contributed by atoms with E-state index in [2.05, 4.69) is 45.1 Å². The van der Waals surface area contributed by atoms with Gasteiger partial charge in [0.1, 0.15) is 0 Å². The van der Waals surface area contributed by atoms with Crippen LogP contribution in [0.25, 0.3) is 0 Å². The largest absolute Gasteiger partial charge is 0.375 e. The van der Waals surface area contributed by atoms with E-state index >= 15 is 0 Å². The standard InChI is InChI=1S/C13H16BrNO/c14-13-4-2-1-3-10(13)5-6-15-8-12-7-11(15)9-16-12/h1-4,11-12H,5-9H2. The van der Waals surface area contributed by atoms with Gasteiger partial charge in [-0.2, -0.15) is 0 Å². The van der Waals surface area contributed by atoms with Crippen LogP contribution < -0.4 is 0 Å². The van der Waals surface area contributed by atoms with Gasteiger partial charge in [0.15, 0.2) is 0 Å². The minimum Gasteiger partial charge on any atom is -0.375 e. The molecule has 2 heterocycles. The van der Waals surface area contributed by atoms with Gasteiger partial charge in [-0.15, -0.1) is 0 Å². The summed E-state index contributed by atoms with van der Waals surface area (Å²) in [6.45, 7) is 3.24. The van der Waals surface area contributed by atoms with Crippen LogP contribution in [-0.2, 0) is 11.2 Å². The van der Waals surface area contributed by atoms with Gasteiger partial charge in [-0.3, -0.25) is 4.90 Å². The van der Waals surface area contributed by atoms with E-state index in [1.807, 2.05) is 0 Å². The maximum atomic E-state index is 5.61. The summed E-state index contributed by atoms with van der Waals surface area (Å²) in [4.78, 5) is 2.58. The van der Waals surface area contributed by atoms with Crippen LogP contribution in [0.1, 0.15) is 12.0 Å². The molecule has 3 heteroatoms. The number of hydrogen-bond acceptors (Lipinski definition) is 2. The molecule has 16 heavy (non-hydrogen) atoms. The van der Waals surface area contributed by atoms with Gasteiger partial charge in [-0.1, -0.05) is 34.1 Å². The second-order valence-corrected chi connectivity index (χ2v) is 5.54. The van der Waals surface area contributed by atoms with E-state index < -0.39 is 0 Å². The molecule has 2 atom stereocenters. The number of hydrogen-bond donors (Lipinski definition) is 0. The summed E-state index contributed by atoms with van der Waals surface area (Å²) in [6, 6.07) is 9.19. The predicted octanol–water partition coefficient (Wildman–Crippen LogP) is 2.46. The monoisotopic (exact) mass is 281 g/mol. The highest BCUT2D eigenvalue weighted by atomic mass is 79.9. The first-order chi connectivity index (χ1) is 7.83. The number of morpholine rings is 1. The molecule has 3 rings (SSSR count). The van der Waals surface area contributed by atoms with E-state index in [-0.39, 0.29) is 0 Å². The molecule has 2 aliphatic rings. The molecule has 0 aromatic heterocycles. The SMILES string of the molecule is Brc1ccccc1CCN1CC2CC1CO2. The number of benzene rings is 1. The minimum atomic E-state index is 0.518. The summed E-state index contributed by atoms with van der Waals surface area (Å²) < 4.78 is 6.84. The van der Waals surface area contributed by atoms with Crippen molar-refractivity contribution in [3.63, 3.8) is 0 Å². The van der Waals surface area contributed by atoms with Gasteiger partial charge in [-0.05, 0) is 24.5 Å². The third kappa shape index (κ3) is 2.04. The molecule has 0 radical (unpaired) electrons. The molecule has 2 fully saturated rings. The molecule has 0 spiro atoms. The molecule has 1 aromatic carbocycles. The summed E-state index contributed by atoms with van der Waals surface area (Å²) in [5.74, 6) is 0. The van der Waals surface area contributed by atoms with Crippen LogP contribution in [0.15, 0.2) is 28.7 Å². The third-order valence-corrected chi connectivity index (χ3v) is 4.41. The first-order valence-electron chi connectivity index (χ1n) is 5.92. The summed E-state index contributed by atoms with van der Waals surface area (Å²) in [6.07, 6.45) is 2.89. The molecule has 0 N–H and O–H groups in total. The number of likely N-dealkylation sites (tertiary alicyclic amines) is 1. The molecule has 2 nitrogen and oxygen atoms in total. The fourth-order valence-electron chi connectivity index (χ4n) is 2.72. The number of fused-ring (bicyclic) bond motifs is 2. The van der Waals surface area contributed by atoms with Crippen LogP contribution in [-0.4, -0.2) is 36.7 Å². The van der Waals surface area contributed by atoms with Crippen molar-refractivity contribution in [3.8, 4) is 0 Å². The highest BCUT2D eigenvalue weighted by Crippen LogP contribution is 2.28. The van der Waals surface area contributed by atoms with Gasteiger partial charge in [0.25, 0.3) is 0 Å². The van der Waals surface area contributed by atoms with Crippen molar-refractivity contribution >= 4 is 15.9 Å². The van der Waals surface area contributed by atoms with Crippen molar-refractivity contribution in [1.82, 2.24) is 4.90 Å². The fourth-order valence-corrected chi connectivity index (χ4v) is 3.20. The van der Waals surface area contributed by atoms with E-state index in [0.717, 1.165) is 26.1 Å². The molecular formula is C13H16BrNO. The highest BCUT2D eigenvalue weighted by Gasteiger charge is 2.38. The molecule has 2 unspecified atom stereocenters. The Balaban J connectivity index is 1.59. The Bertz CT molecular complexity index is 382. The van der Waals surface area contributed by atoms with E-state index in [4.69, 9.17) is 4.74 Å². The molecule has 0 amide bonds. The second kappa shape index (κ2) is 4.47. The van der Waals surface area contributed by atoms with Crippen molar-refractivity contribution in [1.29, 1.82) is 0 Å². The van der Waals surface area contributed by atoms with Crippen LogP contribution in [0, 0.1) is 0 Å². The third-order valence-electron chi connectivity index (χ3n) is 3.64. The van der Waals surface area contributed by atoms with Crippen LogP contribution in [0.3, 0.4) is 0 Å². The Kier molecular flexibility index (Phi) is 3.01. The van der Waals surface area contributed by atoms with Crippen molar-refractivity contribution in [2.75, 3.05) is 19.7 Å². The van der Waals surface area contributed by atoms with Crippen molar-refractivity contribution in [3.05, 3.63) is 34.3 Å². The average molecular weight is 282 g/mol. The van der Waals surface area contributed by atoms with Crippen molar-refractivity contribution in [2.24, 2.45) is 0 Å². The van der Waals surface area contributed by atoms with Gasteiger partial charge >= 0.3 is 0 Å². The molecule has 86 valence electrons. The molecule has 2 aliphatic heterocycles. The van der Waals surface area contributed by atoms with Gasteiger partial charge in [0.05, 0.1) is 12.7 Å². The Labute approximate surface area is 105 Å². The molecule has 2 saturated heterocycles. The first-order valence-corrected chi connectivity index (χ1v) is 6.71. The van der Waals surface area contributed by atoms with Gasteiger partial charge in [0, 0.05) is 23.6 Å². The summed E-state index contributed by atoms with van der Waals surface area (Å²) in [5, 5.41) is 0. The molecule has 0 saturated carbocycles. The molecule has 0 aliphatic carbocycles. The summed E-state index contributed by atoms with van der Waals surface area (Å²) in [7, 11) is 0. The molecule has 2 bridgehead atoms. The predicted molar refractivity (Wildman–Crippen MR) is 67.6 cm³/mol. The Morgan fingerprint density at radius 2 is 2.25 bits per heavy atom. The second-order valence-electron chi connectivity index (χ2n) is 4.68. The fraction of sp³-hybridized carbons (Fsp3) is 0.538. The Morgan fingerprint density at radius 3 is 2.94 bits per heavy atom.